The van der Waals surface area contributed by atoms with Crippen molar-refractivity contribution in [2.45, 2.75) is 38.4 Å². The Morgan fingerprint density at radius 2 is 2.05 bits per heavy atom. The number of anilines is 1. The highest BCUT2D eigenvalue weighted by Crippen LogP contribution is 2.33. The smallest absolute Gasteiger partial charge is 0.164 e. The number of ether oxygens (including phenoxy) is 1. The number of hydrogen-bond acceptors (Lipinski definition) is 6. The Balaban J connectivity index is 2.14. The van der Waals surface area contributed by atoms with E-state index in [4.69, 9.17) is 10.5 Å². The van der Waals surface area contributed by atoms with E-state index in [-0.39, 0.29) is 0 Å². The summed E-state index contributed by atoms with van der Waals surface area (Å²) >= 11 is 0. The van der Waals surface area contributed by atoms with Gasteiger partial charge in [-0.3, -0.25) is 0 Å². The second-order valence-corrected chi connectivity index (χ2v) is 4.89. The summed E-state index contributed by atoms with van der Waals surface area (Å²) in [6.07, 6.45) is 0.152. The molecule has 0 radical (unpaired) electrons. The number of hydrogen-bond donors (Lipinski definition) is 3. The zero-order chi connectivity index (χ0) is 13.7. The van der Waals surface area contributed by atoms with Crippen LogP contribution in [0.15, 0.2) is 12.5 Å². The average Bonchev–Trinajstić information content (AvgIpc) is 2.83. The maximum Gasteiger partial charge on any atom is 0.164 e. The molecule has 0 saturated carbocycles. The van der Waals surface area contributed by atoms with Gasteiger partial charge in [-0.05, 0) is 19.4 Å². The van der Waals surface area contributed by atoms with Gasteiger partial charge >= 0.3 is 0 Å². The summed E-state index contributed by atoms with van der Waals surface area (Å²) in [5.41, 5.74) is 7.33. The Morgan fingerprint density at radius 1 is 1.32 bits per heavy atom. The maximum atomic E-state index is 10.0. The number of aryl methyl sites for hydroxylation is 1. The Hall–Kier alpha value is -1.70. The van der Waals surface area contributed by atoms with Crippen molar-refractivity contribution in [2.75, 3.05) is 5.73 Å². The van der Waals surface area contributed by atoms with Gasteiger partial charge < -0.3 is 25.3 Å². The van der Waals surface area contributed by atoms with Crippen LogP contribution < -0.4 is 5.73 Å². The SMILES string of the molecule is Cc1cn([C@@H]2O[C@H](C)[C@@H](O)[C@H]2O)c2ncnc(N)c12. The van der Waals surface area contributed by atoms with Crippen molar-refractivity contribution in [1.82, 2.24) is 14.5 Å². The van der Waals surface area contributed by atoms with Gasteiger partial charge in [0, 0.05) is 6.20 Å². The largest absolute Gasteiger partial charge is 0.388 e. The van der Waals surface area contributed by atoms with E-state index in [0.29, 0.717) is 11.5 Å². The third-order valence-corrected chi connectivity index (χ3v) is 3.58. The number of nitrogens with zero attached hydrogens (tertiary/aromatic N) is 3. The van der Waals surface area contributed by atoms with Crippen molar-refractivity contribution >= 4 is 16.9 Å². The minimum atomic E-state index is -0.999. The van der Waals surface area contributed by atoms with E-state index in [1.807, 2.05) is 6.92 Å². The molecule has 0 amide bonds. The number of aliphatic hydroxyl groups is 2. The molecule has 1 aliphatic rings. The Kier molecular flexibility index (Phi) is 2.70. The lowest BCUT2D eigenvalue weighted by molar-refractivity contribution is -0.0296. The molecule has 0 aromatic carbocycles. The first-order valence-corrected chi connectivity index (χ1v) is 6.10. The van der Waals surface area contributed by atoms with E-state index in [1.54, 1.807) is 17.7 Å². The molecule has 0 spiro atoms. The van der Waals surface area contributed by atoms with Crippen LogP contribution in [0, 0.1) is 6.92 Å². The first kappa shape index (κ1) is 12.3. The summed E-state index contributed by atoms with van der Waals surface area (Å²) in [5, 5.41) is 20.6. The Labute approximate surface area is 109 Å². The normalized spacial score (nSPS) is 31.2. The highest BCUT2D eigenvalue weighted by atomic mass is 16.6. The van der Waals surface area contributed by atoms with Gasteiger partial charge in [0.2, 0.25) is 0 Å². The maximum absolute atomic E-state index is 10.0. The molecule has 2 aromatic rings. The van der Waals surface area contributed by atoms with Crippen LogP contribution in [0.2, 0.25) is 0 Å². The predicted molar refractivity (Wildman–Crippen MR) is 68.3 cm³/mol. The molecule has 1 fully saturated rings. The van der Waals surface area contributed by atoms with Crippen LogP contribution in [0.1, 0.15) is 18.7 Å². The number of nitrogen functional groups attached to an aromatic ring is 1. The molecule has 102 valence electrons. The molecular weight excluding hydrogens is 248 g/mol. The van der Waals surface area contributed by atoms with E-state index < -0.39 is 24.5 Å². The van der Waals surface area contributed by atoms with E-state index >= 15 is 0 Å². The predicted octanol–water partition coefficient (Wildman–Crippen LogP) is -0.0390. The third kappa shape index (κ3) is 1.70. The van der Waals surface area contributed by atoms with Gasteiger partial charge in [0.25, 0.3) is 0 Å². The highest BCUT2D eigenvalue weighted by Gasteiger charge is 2.41. The quantitative estimate of drug-likeness (QED) is 0.667. The first-order valence-electron chi connectivity index (χ1n) is 6.10. The van der Waals surface area contributed by atoms with Gasteiger partial charge in [-0.1, -0.05) is 0 Å². The molecule has 0 bridgehead atoms. The van der Waals surface area contributed by atoms with Gasteiger partial charge in [-0.2, -0.15) is 0 Å². The lowest BCUT2D eigenvalue weighted by atomic mass is 10.1. The van der Waals surface area contributed by atoms with Gasteiger partial charge in [0.05, 0.1) is 11.5 Å². The minimum Gasteiger partial charge on any atom is -0.388 e. The Bertz CT molecular complexity index is 627. The summed E-state index contributed by atoms with van der Waals surface area (Å²) in [6, 6.07) is 0. The van der Waals surface area contributed by atoms with Crippen molar-refractivity contribution in [2.24, 2.45) is 0 Å². The topological polar surface area (TPSA) is 106 Å². The summed E-state index contributed by atoms with van der Waals surface area (Å²) in [4.78, 5) is 8.15. The first-order chi connectivity index (χ1) is 9.00. The van der Waals surface area contributed by atoms with Crippen LogP contribution in [-0.2, 0) is 4.74 Å². The minimum absolute atomic E-state index is 0.391. The Morgan fingerprint density at radius 3 is 2.68 bits per heavy atom. The molecule has 7 heteroatoms. The third-order valence-electron chi connectivity index (χ3n) is 3.58. The second kappa shape index (κ2) is 4.16. The zero-order valence-corrected chi connectivity index (χ0v) is 10.7. The van der Waals surface area contributed by atoms with E-state index in [1.165, 1.54) is 6.33 Å². The van der Waals surface area contributed by atoms with Gasteiger partial charge in [-0.25, -0.2) is 9.97 Å². The van der Waals surface area contributed by atoms with Gasteiger partial charge in [0.15, 0.2) is 6.23 Å². The monoisotopic (exact) mass is 264 g/mol. The molecule has 2 aromatic heterocycles. The van der Waals surface area contributed by atoms with Crippen molar-refractivity contribution < 1.29 is 14.9 Å². The molecule has 3 rings (SSSR count). The summed E-state index contributed by atoms with van der Waals surface area (Å²) < 4.78 is 7.29. The lowest BCUT2D eigenvalue weighted by Gasteiger charge is -2.17. The molecule has 0 unspecified atom stereocenters. The van der Waals surface area contributed by atoms with Crippen LogP contribution in [-0.4, -0.2) is 43.1 Å². The molecule has 4 atom stereocenters. The molecule has 19 heavy (non-hydrogen) atoms. The summed E-state index contributed by atoms with van der Waals surface area (Å²) in [7, 11) is 0. The number of aromatic nitrogens is 3. The molecule has 4 N–H and O–H groups in total. The van der Waals surface area contributed by atoms with Crippen molar-refractivity contribution in [3.63, 3.8) is 0 Å². The van der Waals surface area contributed by atoms with Gasteiger partial charge in [0.1, 0.15) is 30.0 Å². The molecule has 3 heterocycles. The van der Waals surface area contributed by atoms with Crippen LogP contribution >= 0.6 is 0 Å². The molecule has 0 aliphatic carbocycles. The fourth-order valence-corrected chi connectivity index (χ4v) is 2.55. The molecule has 1 saturated heterocycles. The summed E-state index contributed by atoms with van der Waals surface area (Å²) in [5.74, 6) is 0.391. The van der Waals surface area contributed by atoms with E-state index in [2.05, 4.69) is 9.97 Å². The second-order valence-electron chi connectivity index (χ2n) is 4.89. The van der Waals surface area contributed by atoms with Crippen molar-refractivity contribution in [3.05, 3.63) is 18.1 Å². The average molecular weight is 264 g/mol. The number of fused-ring (bicyclic) bond motifs is 1. The van der Waals surface area contributed by atoms with Crippen LogP contribution in [0.4, 0.5) is 5.82 Å². The fraction of sp³-hybridized carbons (Fsp3) is 0.500. The number of aliphatic hydroxyl groups excluding tert-OH is 2. The lowest BCUT2D eigenvalue weighted by Crippen LogP contribution is -2.30. The standard InChI is InChI=1S/C12H16N4O3/c1-5-3-16(11-7(5)10(13)14-4-15-11)12-9(18)8(17)6(2)19-12/h3-4,6,8-9,12,17-18H,1-2H3,(H2,13,14,15)/t6-,8-,9-,12-/m1/s1. The highest BCUT2D eigenvalue weighted by molar-refractivity contribution is 5.89. The van der Waals surface area contributed by atoms with Crippen LogP contribution in [0.5, 0.6) is 0 Å². The van der Waals surface area contributed by atoms with Crippen LogP contribution in [0.25, 0.3) is 11.0 Å². The zero-order valence-electron chi connectivity index (χ0n) is 10.7. The number of nitrogens with two attached hydrogens (primary N) is 1. The molecule has 1 aliphatic heterocycles. The summed E-state index contributed by atoms with van der Waals surface area (Å²) in [6.45, 7) is 3.61. The van der Waals surface area contributed by atoms with E-state index in [0.717, 1.165) is 10.9 Å². The molecule has 7 nitrogen and oxygen atoms in total. The number of rotatable bonds is 1. The van der Waals surface area contributed by atoms with E-state index in [9.17, 15) is 10.2 Å². The van der Waals surface area contributed by atoms with Crippen molar-refractivity contribution in [3.8, 4) is 0 Å². The van der Waals surface area contributed by atoms with Gasteiger partial charge in [-0.15, -0.1) is 0 Å². The molecular formula is C12H16N4O3. The van der Waals surface area contributed by atoms with Crippen LogP contribution in [0.3, 0.4) is 0 Å². The van der Waals surface area contributed by atoms with Crippen molar-refractivity contribution in [1.29, 1.82) is 0 Å². The fourth-order valence-electron chi connectivity index (χ4n) is 2.55.